The molecule has 2 aliphatic rings. The van der Waals surface area contributed by atoms with Gasteiger partial charge in [0.2, 0.25) is 11.8 Å². The smallest absolute Gasteiger partial charge is 0.236 e. The molecule has 16 nitrogen and oxygen atoms in total. The Kier molecular flexibility index (Phi) is 20.8. The summed E-state index contributed by atoms with van der Waals surface area (Å²) in [4.78, 5) is 61.2. The number of anilines is 2. The van der Waals surface area contributed by atoms with Crippen molar-refractivity contribution >= 4 is 83.4 Å². The number of piperidine rings is 2. The summed E-state index contributed by atoms with van der Waals surface area (Å²) in [5, 5.41) is 26.6. The van der Waals surface area contributed by atoms with Crippen molar-refractivity contribution in [3.63, 3.8) is 0 Å². The molecular formula is C52H69BrN14O2Sn. The molecule has 6 aromatic heterocycles. The van der Waals surface area contributed by atoms with Gasteiger partial charge in [0, 0.05) is 85.7 Å². The minimum absolute atomic E-state index is 0.0479. The number of H-pyrrole nitrogens is 2. The Balaban J connectivity index is 0.000000176. The predicted octanol–water partition coefficient (Wildman–Crippen LogP) is 10.1. The van der Waals surface area contributed by atoms with Crippen LogP contribution in [0.1, 0.15) is 109 Å². The number of aryl methyl sites for hydroxylation is 2. The van der Waals surface area contributed by atoms with Crippen LogP contribution in [0.2, 0.25) is 13.3 Å². The van der Waals surface area contributed by atoms with Crippen molar-refractivity contribution in [1.82, 2.24) is 49.7 Å². The summed E-state index contributed by atoms with van der Waals surface area (Å²) in [6, 6.07) is 12.0. The number of carbonyl (C=O) groups is 2. The molecule has 6 aromatic rings. The standard InChI is InChI=1S/C20H21N7O.C15H16BrN5O.C5H5N2.3C4H9.Sn/c1-13-5-8-23-20(25-13)16-11-24-19-15(6-9-22-19)18(16)26-14-3-2-10-27(12-14)17(28)4-7-21;16-12-8-19-15-11(4-6-18-15)14(12)20-10-2-1-7-21(9-10)13(22)3-5-17;1-5-2-3-6-4-7-5;3*1-3-4-2;/h5-6,8-9,11,14H,2-4,10,12H2,1H3,(H2,22,24,26);4,6,8,10H,1-3,7,9H2,(H2,18,19,20);2-3H,1H3;3*1,3-4H2,2H3;/t14-;10-;;;;;/m11...../s1. The number of likely N-dealkylation sites (tertiary alicyclic amines) is 2. The van der Waals surface area contributed by atoms with Crippen LogP contribution < -0.4 is 14.5 Å². The summed E-state index contributed by atoms with van der Waals surface area (Å²) in [5.74, 6) is 0.415. The van der Waals surface area contributed by atoms with Crippen LogP contribution >= 0.6 is 15.9 Å². The molecule has 8 heterocycles. The summed E-state index contributed by atoms with van der Waals surface area (Å²) in [7, 11) is 0. The second-order valence-electron chi connectivity index (χ2n) is 18.5. The minimum atomic E-state index is -2.36. The average molecular weight is 1120 g/mol. The van der Waals surface area contributed by atoms with Gasteiger partial charge in [0.15, 0.2) is 5.82 Å². The second kappa shape index (κ2) is 27.1. The molecule has 0 bridgehead atoms. The number of halogens is 1. The van der Waals surface area contributed by atoms with Gasteiger partial charge >= 0.3 is 130 Å². The maximum atomic E-state index is 12.1. The molecule has 0 saturated carbocycles. The summed E-state index contributed by atoms with van der Waals surface area (Å²) >= 11 is 1.17. The number of nitrogens with zero attached hydrogens (tertiary/aromatic N) is 10. The fourth-order valence-electron chi connectivity index (χ4n) is 9.41. The number of hydrogen-bond acceptors (Lipinski definition) is 12. The van der Waals surface area contributed by atoms with E-state index in [4.69, 9.17) is 20.5 Å². The van der Waals surface area contributed by atoms with Gasteiger partial charge in [-0.15, -0.1) is 0 Å². The first kappa shape index (κ1) is 53.7. The van der Waals surface area contributed by atoms with E-state index in [0.29, 0.717) is 25.5 Å². The molecule has 0 aromatic carbocycles. The first-order valence-corrected chi connectivity index (χ1v) is 33.3. The van der Waals surface area contributed by atoms with E-state index in [1.807, 2.05) is 61.9 Å². The van der Waals surface area contributed by atoms with E-state index in [9.17, 15) is 9.59 Å². The Labute approximate surface area is 425 Å². The largest absolute Gasteiger partial charge is 0.379 e. The number of aromatic nitrogens is 8. The van der Waals surface area contributed by atoms with Gasteiger partial charge in [0.1, 0.15) is 24.1 Å². The molecule has 0 spiro atoms. The molecule has 2 aliphatic heterocycles. The molecule has 2 saturated heterocycles. The molecule has 0 radical (unpaired) electrons. The predicted molar refractivity (Wildman–Crippen MR) is 284 cm³/mol. The van der Waals surface area contributed by atoms with Gasteiger partial charge < -0.3 is 30.4 Å². The van der Waals surface area contributed by atoms with Gasteiger partial charge in [-0.1, -0.05) is 0 Å². The number of carbonyl (C=O) groups excluding carboxylic acids is 2. The average Bonchev–Trinajstić information content (AvgIpc) is 4.07. The maximum Gasteiger partial charge on any atom is 0.236 e. The zero-order chi connectivity index (χ0) is 49.9. The quantitative estimate of drug-likeness (QED) is 0.0627. The number of nitriles is 2. The minimum Gasteiger partial charge on any atom is -0.379 e. The zero-order valence-corrected chi connectivity index (χ0v) is 46.0. The zero-order valence-electron chi connectivity index (χ0n) is 41.5. The molecule has 0 unspecified atom stereocenters. The van der Waals surface area contributed by atoms with E-state index in [2.05, 4.69) is 84.2 Å². The van der Waals surface area contributed by atoms with Crippen molar-refractivity contribution in [2.24, 2.45) is 0 Å². The number of hydrogen-bond donors (Lipinski definition) is 4. The van der Waals surface area contributed by atoms with Crippen LogP contribution in [-0.4, -0.2) is 118 Å². The summed E-state index contributed by atoms with van der Waals surface area (Å²) in [5.41, 5.74) is 6.39. The number of aromatic amines is 2. The fraction of sp³-hybridized carbons (Fsp3) is 0.500. The van der Waals surface area contributed by atoms with Gasteiger partial charge in [-0.05, 0) is 66.7 Å². The van der Waals surface area contributed by atoms with Crippen molar-refractivity contribution in [3.8, 4) is 23.5 Å². The third-order valence-corrected chi connectivity index (χ3v) is 28.4. The normalized spacial score (nSPS) is 15.8. The molecular weight excluding hydrogens is 1050 g/mol. The monoisotopic (exact) mass is 1120 g/mol. The topological polar surface area (TPSA) is 221 Å². The van der Waals surface area contributed by atoms with Crippen LogP contribution in [0, 0.1) is 36.5 Å². The molecule has 70 heavy (non-hydrogen) atoms. The Bertz CT molecular complexity index is 2710. The number of unbranched alkanes of at least 4 members (excludes halogenated alkanes) is 3. The van der Waals surface area contributed by atoms with Crippen molar-refractivity contribution < 1.29 is 9.59 Å². The third-order valence-electron chi connectivity index (χ3n) is 13.2. The molecule has 370 valence electrons. The van der Waals surface area contributed by atoms with Gasteiger partial charge in [-0.25, -0.2) is 19.9 Å². The van der Waals surface area contributed by atoms with Crippen LogP contribution in [0.25, 0.3) is 33.5 Å². The summed E-state index contributed by atoms with van der Waals surface area (Å²) in [6.07, 6.45) is 22.7. The first-order valence-electron chi connectivity index (χ1n) is 25.0. The molecule has 2 atom stereocenters. The van der Waals surface area contributed by atoms with E-state index >= 15 is 0 Å². The Morgan fingerprint density at radius 1 is 0.714 bits per heavy atom. The van der Waals surface area contributed by atoms with Gasteiger partial charge in [-0.3, -0.25) is 9.59 Å². The number of fused-ring (bicyclic) bond motifs is 2. The Morgan fingerprint density at radius 3 is 1.73 bits per heavy atom. The van der Waals surface area contributed by atoms with Crippen LogP contribution in [0.3, 0.4) is 0 Å². The van der Waals surface area contributed by atoms with Crippen LogP contribution in [0.5, 0.6) is 0 Å². The third kappa shape index (κ3) is 14.5. The van der Waals surface area contributed by atoms with E-state index in [1.165, 1.54) is 55.7 Å². The van der Waals surface area contributed by atoms with Crippen molar-refractivity contribution in [2.45, 2.75) is 137 Å². The number of rotatable bonds is 17. The van der Waals surface area contributed by atoms with Gasteiger partial charge in [0.25, 0.3) is 0 Å². The second-order valence-corrected chi connectivity index (χ2v) is 32.2. The van der Waals surface area contributed by atoms with Gasteiger partial charge in [-0.2, -0.15) is 10.5 Å². The van der Waals surface area contributed by atoms with Crippen LogP contribution in [0.4, 0.5) is 11.4 Å². The summed E-state index contributed by atoms with van der Waals surface area (Å²) in [6.45, 7) is 13.6. The van der Waals surface area contributed by atoms with Crippen molar-refractivity contribution in [2.75, 3.05) is 36.8 Å². The molecule has 8 rings (SSSR count). The SMILES string of the molecule is CCC[CH2][Sn]([CH2]CCC)([CH2]CCC)[c]1nccc(C)n1.Cc1ccnc(-c2cnc3[nH]ccc3c2N[C@@H]2CCCN(C(=O)CC#N)C2)n1.N#CCC(=O)N1CCC[C@@H](Nc2c(Br)cnc3[nH]ccc23)C1. The van der Waals surface area contributed by atoms with Crippen LogP contribution in [0.15, 0.2) is 65.9 Å². The van der Waals surface area contributed by atoms with E-state index in [-0.39, 0.29) is 36.7 Å². The molecule has 2 amide bonds. The number of pyridine rings is 2. The molecule has 2 fully saturated rings. The van der Waals surface area contributed by atoms with Crippen molar-refractivity contribution in [3.05, 3.63) is 77.3 Å². The maximum absolute atomic E-state index is 12.1. The fourth-order valence-corrected chi connectivity index (χ4v) is 24.9. The Hall–Kier alpha value is -5.66. The molecule has 0 aliphatic carbocycles. The number of nitrogens with one attached hydrogen (secondary N) is 4. The molecule has 18 heteroatoms. The van der Waals surface area contributed by atoms with E-state index in [0.717, 1.165) is 87.1 Å². The van der Waals surface area contributed by atoms with Gasteiger partial charge in [0.05, 0.1) is 33.5 Å². The number of amides is 2. The first-order chi connectivity index (χ1) is 34.0. The summed E-state index contributed by atoms with van der Waals surface area (Å²) < 4.78 is 6.58. The molecule has 4 N–H and O–H groups in total. The van der Waals surface area contributed by atoms with E-state index < -0.39 is 18.4 Å². The Morgan fingerprint density at radius 2 is 1.21 bits per heavy atom. The van der Waals surface area contributed by atoms with E-state index in [1.54, 1.807) is 28.4 Å². The van der Waals surface area contributed by atoms with Crippen LogP contribution in [-0.2, 0) is 9.59 Å². The van der Waals surface area contributed by atoms with Crippen molar-refractivity contribution in [1.29, 1.82) is 10.5 Å².